The molecule has 0 N–H and O–H groups in total. The Kier molecular flexibility index (Phi) is 5.83. The number of hydrogen-bond acceptors (Lipinski definition) is 4. The monoisotopic (exact) mass is 676 g/mol. The highest BCUT2D eigenvalue weighted by Crippen LogP contribution is 2.50. The van der Waals surface area contributed by atoms with E-state index < -0.39 is 0 Å². The summed E-state index contributed by atoms with van der Waals surface area (Å²) in [6.07, 6.45) is 0. The van der Waals surface area contributed by atoms with E-state index in [1.54, 1.807) is 0 Å². The van der Waals surface area contributed by atoms with Crippen molar-refractivity contribution in [3.63, 3.8) is 0 Å². The van der Waals surface area contributed by atoms with Crippen molar-refractivity contribution in [2.24, 2.45) is 0 Å². The van der Waals surface area contributed by atoms with Crippen LogP contribution in [0.25, 0.3) is 66.1 Å². The van der Waals surface area contributed by atoms with Gasteiger partial charge in [0.05, 0.1) is 11.4 Å². The summed E-state index contributed by atoms with van der Waals surface area (Å²) in [5, 5.41) is 4.47. The predicted molar refractivity (Wildman–Crippen MR) is 220 cm³/mol. The molecule has 12 rings (SSSR count). The Bertz CT molecular complexity index is 3110. The van der Waals surface area contributed by atoms with Gasteiger partial charge in [-0.2, -0.15) is 0 Å². The van der Waals surface area contributed by atoms with Crippen molar-refractivity contribution >= 4 is 90.1 Å². The predicted octanol–water partition coefficient (Wildman–Crippen LogP) is 11.9. The van der Waals surface area contributed by atoms with E-state index in [0.29, 0.717) is 0 Å². The summed E-state index contributed by atoms with van der Waals surface area (Å²) in [6, 6.07) is 63.0. The molecule has 53 heavy (non-hydrogen) atoms. The largest absolute Gasteiger partial charge is 0.456 e. The zero-order chi connectivity index (χ0) is 34.6. The van der Waals surface area contributed by atoms with Crippen LogP contribution in [0.1, 0.15) is 0 Å². The summed E-state index contributed by atoms with van der Waals surface area (Å²) in [4.78, 5) is 4.98. The zero-order valence-corrected chi connectivity index (χ0v) is 28.5. The van der Waals surface area contributed by atoms with E-state index >= 15 is 0 Å². The van der Waals surface area contributed by atoms with E-state index in [2.05, 4.69) is 174 Å². The Hall–Kier alpha value is -6.98. The third-order valence-electron chi connectivity index (χ3n) is 11.2. The molecule has 2 aliphatic rings. The van der Waals surface area contributed by atoms with Crippen LogP contribution in [0.4, 0.5) is 28.4 Å². The quantitative estimate of drug-likeness (QED) is 0.174. The fraction of sp³-hybridized carbons (Fsp3) is 0. The molecule has 0 unspecified atom stereocenters. The van der Waals surface area contributed by atoms with Crippen LogP contribution in [-0.2, 0) is 0 Å². The van der Waals surface area contributed by atoms with Gasteiger partial charge in [0.15, 0.2) is 5.58 Å². The van der Waals surface area contributed by atoms with Gasteiger partial charge in [-0.1, -0.05) is 127 Å². The van der Waals surface area contributed by atoms with Crippen LogP contribution >= 0.6 is 0 Å². The molecule has 8 aromatic carbocycles. The van der Waals surface area contributed by atoms with E-state index in [1.807, 2.05) is 12.1 Å². The van der Waals surface area contributed by atoms with Gasteiger partial charge in [-0.05, 0) is 64.5 Å². The molecule has 4 nitrogen and oxygen atoms in total. The van der Waals surface area contributed by atoms with Gasteiger partial charge < -0.3 is 18.5 Å². The van der Waals surface area contributed by atoms with E-state index in [4.69, 9.17) is 8.83 Å². The fourth-order valence-corrected chi connectivity index (χ4v) is 9.04. The first-order chi connectivity index (χ1) is 26.3. The highest BCUT2D eigenvalue weighted by Gasteiger charge is 2.45. The van der Waals surface area contributed by atoms with Crippen LogP contribution in [0.3, 0.4) is 0 Å². The average molecular weight is 677 g/mol. The van der Waals surface area contributed by atoms with Crippen molar-refractivity contribution in [1.29, 1.82) is 0 Å². The molecule has 0 spiro atoms. The third kappa shape index (κ3) is 3.96. The summed E-state index contributed by atoms with van der Waals surface area (Å²) in [5.41, 5.74) is 16.3. The molecule has 2 aliphatic heterocycles. The lowest BCUT2D eigenvalue weighted by atomic mass is 9.43. The Morgan fingerprint density at radius 3 is 1.87 bits per heavy atom. The van der Waals surface area contributed by atoms with Crippen molar-refractivity contribution in [2.45, 2.75) is 0 Å². The maximum absolute atomic E-state index is 6.73. The van der Waals surface area contributed by atoms with Gasteiger partial charge in [0, 0.05) is 55.8 Å². The Balaban J connectivity index is 1.17. The van der Waals surface area contributed by atoms with E-state index in [0.717, 1.165) is 83.4 Å². The minimum absolute atomic E-state index is 0.113. The lowest BCUT2D eigenvalue weighted by Crippen LogP contribution is -2.61. The molecular formula is C48H29BN2O2. The Morgan fingerprint density at radius 2 is 1.00 bits per heavy atom. The van der Waals surface area contributed by atoms with Gasteiger partial charge in [-0.25, -0.2) is 0 Å². The summed E-state index contributed by atoms with van der Waals surface area (Å²) < 4.78 is 13.3. The van der Waals surface area contributed by atoms with E-state index in [-0.39, 0.29) is 6.85 Å². The second-order valence-corrected chi connectivity index (χ2v) is 14.0. The van der Waals surface area contributed by atoms with Gasteiger partial charge in [-0.15, -0.1) is 0 Å². The Labute approximate surface area is 305 Å². The highest BCUT2D eigenvalue weighted by atomic mass is 16.3. The number of hydrogen-bond donors (Lipinski definition) is 0. The fourth-order valence-electron chi connectivity index (χ4n) is 9.04. The normalized spacial score (nSPS) is 13.2. The lowest BCUT2D eigenvalue weighted by Gasteiger charge is -2.45. The third-order valence-corrected chi connectivity index (χ3v) is 11.2. The number of benzene rings is 8. The molecule has 10 aromatic rings. The van der Waals surface area contributed by atoms with Gasteiger partial charge in [0.2, 0.25) is 0 Å². The van der Waals surface area contributed by atoms with Crippen molar-refractivity contribution in [2.75, 3.05) is 9.71 Å². The second kappa shape index (κ2) is 10.8. The molecule has 0 radical (unpaired) electrons. The molecule has 4 heterocycles. The van der Waals surface area contributed by atoms with Crippen LogP contribution < -0.4 is 20.6 Å². The molecule has 2 aromatic heterocycles. The summed E-state index contributed by atoms with van der Waals surface area (Å²) in [7, 11) is 0. The van der Waals surface area contributed by atoms with Gasteiger partial charge in [0.25, 0.3) is 0 Å². The van der Waals surface area contributed by atoms with Crippen LogP contribution in [0.15, 0.2) is 185 Å². The number of furan rings is 2. The number of anilines is 5. The standard InChI is InChI=1S/C48H29BN2O2/c1-2-14-30(15-3-1)36-28-37-33-18-6-10-26-44(33)52-46(37)29-43(36)50-40-23-9-7-21-38(40)49-47-34(19-12-24-41(47)50)31-16-4-8-22-39(31)51(49)42-25-13-20-35-32-17-5-11-27-45(32)53-48(35)42/h1-29H. The first-order valence-electron chi connectivity index (χ1n) is 18.1. The van der Waals surface area contributed by atoms with Crippen molar-refractivity contribution in [1.82, 2.24) is 0 Å². The molecule has 0 fully saturated rings. The zero-order valence-electron chi connectivity index (χ0n) is 28.5. The molecule has 0 amide bonds. The maximum Gasteiger partial charge on any atom is 0.333 e. The van der Waals surface area contributed by atoms with Crippen LogP contribution in [0, 0.1) is 0 Å². The summed E-state index contributed by atoms with van der Waals surface area (Å²) >= 11 is 0. The van der Waals surface area contributed by atoms with E-state index in [1.165, 1.54) is 22.1 Å². The first-order valence-corrected chi connectivity index (χ1v) is 18.1. The van der Waals surface area contributed by atoms with Crippen molar-refractivity contribution in [3.05, 3.63) is 176 Å². The van der Waals surface area contributed by atoms with Gasteiger partial charge >= 0.3 is 6.85 Å². The topological polar surface area (TPSA) is 32.8 Å². The summed E-state index contributed by atoms with van der Waals surface area (Å²) in [6.45, 7) is -0.113. The highest BCUT2D eigenvalue weighted by molar-refractivity contribution is 6.93. The molecule has 0 atom stereocenters. The number of rotatable bonds is 3. The van der Waals surface area contributed by atoms with Crippen molar-refractivity contribution < 1.29 is 8.83 Å². The maximum atomic E-state index is 6.73. The number of para-hydroxylation sites is 5. The smallest absolute Gasteiger partial charge is 0.333 e. The number of fused-ring (bicyclic) bond motifs is 10. The molecular weight excluding hydrogens is 647 g/mol. The van der Waals surface area contributed by atoms with E-state index in [9.17, 15) is 0 Å². The average Bonchev–Trinajstić information content (AvgIpc) is 3.79. The molecule has 246 valence electrons. The number of nitrogens with zero attached hydrogens (tertiary/aromatic N) is 2. The first kappa shape index (κ1) is 28.7. The van der Waals surface area contributed by atoms with Crippen LogP contribution in [0.5, 0.6) is 0 Å². The van der Waals surface area contributed by atoms with Crippen LogP contribution in [-0.4, -0.2) is 6.85 Å². The summed E-state index contributed by atoms with van der Waals surface area (Å²) in [5.74, 6) is 0. The molecule has 0 saturated heterocycles. The minimum atomic E-state index is -0.113. The van der Waals surface area contributed by atoms with Gasteiger partial charge in [0.1, 0.15) is 16.7 Å². The molecule has 5 heteroatoms. The van der Waals surface area contributed by atoms with Crippen molar-refractivity contribution in [3.8, 4) is 22.3 Å². The second-order valence-electron chi connectivity index (χ2n) is 14.0. The SMILES string of the molecule is c1ccc(-c2cc3c(cc2N2c4ccccc4B4c5c(cccc52)-c2ccccc2N4c2cccc4c2oc2ccccc24)oc2ccccc23)cc1. The van der Waals surface area contributed by atoms with Gasteiger partial charge in [-0.3, -0.25) is 0 Å². The lowest BCUT2D eigenvalue weighted by molar-refractivity contribution is 0.669. The minimum Gasteiger partial charge on any atom is -0.456 e. The molecule has 0 saturated carbocycles. The molecule has 0 aliphatic carbocycles. The molecule has 0 bridgehead atoms. The Morgan fingerprint density at radius 1 is 0.377 bits per heavy atom. The van der Waals surface area contributed by atoms with Crippen LogP contribution in [0.2, 0.25) is 0 Å².